The van der Waals surface area contributed by atoms with Crippen molar-refractivity contribution >= 4 is 11.9 Å². The molecule has 0 unspecified atom stereocenters. The van der Waals surface area contributed by atoms with Crippen LogP contribution in [-0.2, 0) is 19.1 Å². The lowest BCUT2D eigenvalue weighted by atomic mass is 9.51. The summed E-state index contributed by atoms with van der Waals surface area (Å²) in [5.74, 6) is -0.814. The largest absolute Gasteiger partial charge is 0.459 e. The first kappa shape index (κ1) is 26.4. The second kappa shape index (κ2) is 11.8. The Balaban J connectivity index is 2.23. The van der Waals surface area contributed by atoms with E-state index in [2.05, 4.69) is 34.3 Å². The molecule has 0 amide bonds. The van der Waals surface area contributed by atoms with Gasteiger partial charge in [0.25, 0.3) is 0 Å². The number of aliphatic hydroxyl groups excluding tert-OH is 1. The van der Waals surface area contributed by atoms with Gasteiger partial charge < -0.3 is 14.6 Å². The molecule has 2 saturated carbocycles. The van der Waals surface area contributed by atoms with Crippen LogP contribution >= 0.6 is 0 Å². The standard InChI is InChI=1S/C27H42O5/c1-7-9-11-13-23(28)31-22-16-15-21-26(32-24(29)14-12-10-8-2)25(30)20(18(3)4)17-27(21,6)19(22)5/h11-14,19-22,25-26,30H,3,7-10,15-17H2,1-2,4-6H3/b13-11-,14-12-/t19-,20-,21-,22+,25+,26-,27+/m0/s1. The summed E-state index contributed by atoms with van der Waals surface area (Å²) >= 11 is 0. The molecule has 0 radical (unpaired) electrons. The Morgan fingerprint density at radius 1 is 1.06 bits per heavy atom. The van der Waals surface area contributed by atoms with Gasteiger partial charge in [0.1, 0.15) is 12.2 Å². The van der Waals surface area contributed by atoms with Crippen molar-refractivity contribution in [1.82, 2.24) is 0 Å². The van der Waals surface area contributed by atoms with Crippen LogP contribution in [0.4, 0.5) is 0 Å². The molecule has 0 spiro atoms. The minimum Gasteiger partial charge on any atom is -0.459 e. The van der Waals surface area contributed by atoms with E-state index in [9.17, 15) is 14.7 Å². The van der Waals surface area contributed by atoms with E-state index in [-0.39, 0.29) is 35.2 Å². The Labute approximate surface area is 193 Å². The molecule has 0 saturated heterocycles. The summed E-state index contributed by atoms with van der Waals surface area (Å²) in [6.07, 6.45) is 10.9. The lowest BCUT2D eigenvalue weighted by Crippen LogP contribution is -2.60. The van der Waals surface area contributed by atoms with Gasteiger partial charge >= 0.3 is 11.9 Å². The van der Waals surface area contributed by atoms with Crippen molar-refractivity contribution < 1.29 is 24.2 Å². The topological polar surface area (TPSA) is 72.8 Å². The summed E-state index contributed by atoms with van der Waals surface area (Å²) in [7, 11) is 0. The summed E-state index contributed by atoms with van der Waals surface area (Å²) in [5.41, 5.74) is 0.630. The fourth-order valence-corrected chi connectivity index (χ4v) is 5.46. The lowest BCUT2D eigenvalue weighted by Gasteiger charge is -2.57. The van der Waals surface area contributed by atoms with Gasteiger partial charge in [0, 0.05) is 24.0 Å². The number of fused-ring (bicyclic) bond motifs is 1. The normalized spacial score (nSPS) is 34.9. The fourth-order valence-electron chi connectivity index (χ4n) is 5.46. The van der Waals surface area contributed by atoms with Crippen LogP contribution < -0.4 is 0 Å². The predicted molar refractivity (Wildman–Crippen MR) is 127 cm³/mol. The maximum Gasteiger partial charge on any atom is 0.330 e. The van der Waals surface area contributed by atoms with Crippen LogP contribution in [0.15, 0.2) is 36.5 Å². The van der Waals surface area contributed by atoms with Gasteiger partial charge in [0.2, 0.25) is 0 Å². The van der Waals surface area contributed by atoms with E-state index >= 15 is 0 Å². The molecular formula is C27H42O5. The van der Waals surface area contributed by atoms with Gasteiger partial charge in [-0.05, 0) is 50.4 Å². The molecule has 180 valence electrons. The summed E-state index contributed by atoms with van der Waals surface area (Å²) < 4.78 is 11.7. The van der Waals surface area contributed by atoms with Crippen molar-refractivity contribution in [3.8, 4) is 0 Å². The van der Waals surface area contributed by atoms with Crippen molar-refractivity contribution in [2.24, 2.45) is 23.2 Å². The lowest BCUT2D eigenvalue weighted by molar-refractivity contribution is -0.199. The zero-order chi connectivity index (χ0) is 23.9. The monoisotopic (exact) mass is 446 g/mol. The number of hydrogen-bond acceptors (Lipinski definition) is 5. The highest BCUT2D eigenvalue weighted by atomic mass is 16.6. The Morgan fingerprint density at radius 3 is 2.16 bits per heavy atom. The Kier molecular flexibility index (Phi) is 9.75. The third kappa shape index (κ3) is 6.12. The highest BCUT2D eigenvalue weighted by Gasteiger charge is 2.58. The number of aliphatic hydroxyl groups is 1. The van der Waals surface area contributed by atoms with E-state index in [4.69, 9.17) is 9.47 Å². The minimum atomic E-state index is -0.780. The van der Waals surface area contributed by atoms with E-state index in [1.807, 2.05) is 19.1 Å². The van der Waals surface area contributed by atoms with Crippen LogP contribution in [0.1, 0.15) is 79.6 Å². The molecule has 5 heteroatoms. The molecule has 7 atom stereocenters. The molecule has 32 heavy (non-hydrogen) atoms. The highest BCUT2D eigenvalue weighted by molar-refractivity contribution is 5.82. The van der Waals surface area contributed by atoms with Crippen LogP contribution in [0.2, 0.25) is 0 Å². The van der Waals surface area contributed by atoms with Crippen molar-refractivity contribution in [2.75, 3.05) is 0 Å². The first-order valence-electron chi connectivity index (χ1n) is 12.2. The number of esters is 2. The maximum absolute atomic E-state index is 12.5. The van der Waals surface area contributed by atoms with Crippen molar-refractivity contribution in [3.05, 3.63) is 36.5 Å². The van der Waals surface area contributed by atoms with Gasteiger partial charge in [0.15, 0.2) is 0 Å². The molecule has 5 nitrogen and oxygen atoms in total. The van der Waals surface area contributed by atoms with Gasteiger partial charge in [-0.2, -0.15) is 0 Å². The average Bonchev–Trinajstić information content (AvgIpc) is 2.73. The van der Waals surface area contributed by atoms with Crippen LogP contribution in [0, 0.1) is 23.2 Å². The molecule has 0 aromatic carbocycles. The number of unbranched alkanes of at least 4 members (excludes halogenated alkanes) is 2. The molecule has 2 aliphatic carbocycles. The van der Waals surface area contributed by atoms with Gasteiger partial charge in [-0.25, -0.2) is 9.59 Å². The number of ether oxygens (including phenoxy) is 2. The minimum absolute atomic E-state index is 0.00258. The number of rotatable bonds is 9. The van der Waals surface area contributed by atoms with Crippen molar-refractivity contribution in [3.63, 3.8) is 0 Å². The summed E-state index contributed by atoms with van der Waals surface area (Å²) in [5, 5.41) is 11.1. The molecular weight excluding hydrogens is 404 g/mol. The summed E-state index contributed by atoms with van der Waals surface area (Å²) in [4.78, 5) is 24.8. The molecule has 2 rings (SSSR count). The first-order valence-corrected chi connectivity index (χ1v) is 12.2. The second-order valence-corrected chi connectivity index (χ2v) is 9.88. The fraction of sp³-hybridized carbons (Fsp3) is 0.704. The molecule has 0 bridgehead atoms. The van der Waals surface area contributed by atoms with Gasteiger partial charge in [0.05, 0.1) is 6.10 Å². The van der Waals surface area contributed by atoms with Gasteiger partial charge in [-0.1, -0.05) is 64.8 Å². The molecule has 0 aromatic heterocycles. The van der Waals surface area contributed by atoms with E-state index in [1.165, 1.54) is 12.2 Å². The van der Waals surface area contributed by atoms with Gasteiger partial charge in [-0.15, -0.1) is 0 Å². The third-order valence-electron chi connectivity index (χ3n) is 7.58. The Bertz CT molecular complexity index is 724. The van der Waals surface area contributed by atoms with Crippen LogP contribution in [0.3, 0.4) is 0 Å². The molecule has 2 aliphatic rings. The first-order chi connectivity index (χ1) is 15.2. The average molecular weight is 447 g/mol. The molecule has 0 aliphatic heterocycles. The molecule has 1 N–H and O–H groups in total. The van der Waals surface area contributed by atoms with Crippen molar-refractivity contribution in [1.29, 1.82) is 0 Å². The zero-order valence-electron chi connectivity index (χ0n) is 20.5. The SMILES string of the molecule is C=C(C)[C@@H]1C[C@]2(C)[C@@H](C)[C@H](OC(=O)/C=C\CCC)CC[C@H]2[C@H](OC(=O)/C=C\CCC)[C@@H]1O. The van der Waals surface area contributed by atoms with Crippen molar-refractivity contribution in [2.45, 2.75) is 97.9 Å². The van der Waals surface area contributed by atoms with E-state index in [0.717, 1.165) is 44.1 Å². The number of allylic oxidation sites excluding steroid dienone is 2. The van der Waals surface area contributed by atoms with Crippen LogP contribution in [0.5, 0.6) is 0 Å². The Morgan fingerprint density at radius 2 is 1.62 bits per heavy atom. The maximum atomic E-state index is 12.5. The predicted octanol–water partition coefficient (Wildman–Crippen LogP) is 5.53. The van der Waals surface area contributed by atoms with E-state index in [0.29, 0.717) is 6.42 Å². The third-order valence-corrected chi connectivity index (χ3v) is 7.58. The van der Waals surface area contributed by atoms with Gasteiger partial charge in [-0.3, -0.25) is 0 Å². The quantitative estimate of drug-likeness (QED) is 0.286. The summed E-state index contributed by atoms with van der Waals surface area (Å²) in [6, 6.07) is 0. The Hall–Kier alpha value is -1.88. The molecule has 0 aromatic rings. The molecule has 0 heterocycles. The van der Waals surface area contributed by atoms with E-state index < -0.39 is 18.2 Å². The number of hydrogen-bond donors (Lipinski definition) is 1. The highest BCUT2D eigenvalue weighted by Crippen LogP contribution is 2.57. The number of carbonyl (C=O) groups is 2. The van der Waals surface area contributed by atoms with E-state index in [1.54, 1.807) is 0 Å². The van der Waals surface area contributed by atoms with Crippen LogP contribution in [-0.4, -0.2) is 35.4 Å². The smallest absolute Gasteiger partial charge is 0.330 e. The summed E-state index contributed by atoms with van der Waals surface area (Å²) in [6.45, 7) is 14.4. The van der Waals surface area contributed by atoms with Crippen LogP contribution in [0.25, 0.3) is 0 Å². The second-order valence-electron chi connectivity index (χ2n) is 9.88. The number of carbonyl (C=O) groups excluding carboxylic acids is 2. The zero-order valence-corrected chi connectivity index (χ0v) is 20.5. The molecule has 2 fully saturated rings.